The van der Waals surface area contributed by atoms with E-state index in [0.717, 1.165) is 29.6 Å². The van der Waals surface area contributed by atoms with Crippen LogP contribution in [-0.4, -0.2) is 25.5 Å². The summed E-state index contributed by atoms with van der Waals surface area (Å²) in [6.07, 6.45) is 1.47. The van der Waals surface area contributed by atoms with E-state index in [0.29, 0.717) is 23.4 Å². The Bertz CT molecular complexity index is 1020. The average Bonchev–Trinajstić information content (AvgIpc) is 3.25. The first-order chi connectivity index (χ1) is 13.1. The van der Waals surface area contributed by atoms with Crippen molar-refractivity contribution in [3.8, 4) is 5.75 Å². The van der Waals surface area contributed by atoms with Crippen LogP contribution in [0, 0.1) is 6.92 Å². The van der Waals surface area contributed by atoms with Gasteiger partial charge in [0.15, 0.2) is 5.76 Å². The van der Waals surface area contributed by atoms with Gasteiger partial charge < -0.3 is 19.4 Å². The van der Waals surface area contributed by atoms with Crippen LogP contribution in [0.2, 0.25) is 0 Å². The van der Waals surface area contributed by atoms with Gasteiger partial charge in [0.25, 0.3) is 5.91 Å². The van der Waals surface area contributed by atoms with Gasteiger partial charge in [-0.1, -0.05) is 0 Å². The Morgan fingerprint density at radius 2 is 1.96 bits per heavy atom. The average molecular weight is 364 g/mol. The highest BCUT2D eigenvalue weighted by Gasteiger charge is 2.22. The summed E-state index contributed by atoms with van der Waals surface area (Å²) in [5, 5.41) is 3.70. The Balaban J connectivity index is 1.54. The van der Waals surface area contributed by atoms with E-state index < -0.39 is 0 Å². The van der Waals surface area contributed by atoms with Gasteiger partial charge in [-0.2, -0.15) is 0 Å². The van der Waals surface area contributed by atoms with Gasteiger partial charge in [0, 0.05) is 35.3 Å². The lowest BCUT2D eigenvalue weighted by Gasteiger charge is -2.16. The molecule has 0 saturated carbocycles. The molecule has 27 heavy (non-hydrogen) atoms. The van der Waals surface area contributed by atoms with Crippen LogP contribution in [-0.2, 0) is 4.79 Å². The van der Waals surface area contributed by atoms with Crippen molar-refractivity contribution < 1.29 is 18.7 Å². The van der Waals surface area contributed by atoms with Crippen molar-refractivity contribution in [1.82, 2.24) is 0 Å². The fraction of sp³-hybridized carbons (Fsp3) is 0.238. The second-order valence-corrected chi connectivity index (χ2v) is 6.57. The fourth-order valence-electron chi connectivity index (χ4n) is 3.38. The standard InChI is InChI=1S/C21H20N2O4/c1-13-17-12-16(26-2)9-10-18(17)27-20(13)21(25)22-14-5-7-15(8-6-14)23-11-3-4-19(23)24/h5-10,12H,3-4,11H2,1-2H3,(H,22,25). The zero-order chi connectivity index (χ0) is 19.0. The maximum absolute atomic E-state index is 12.7. The van der Waals surface area contributed by atoms with Crippen LogP contribution >= 0.6 is 0 Å². The molecule has 1 aromatic heterocycles. The predicted octanol–water partition coefficient (Wildman–Crippen LogP) is 4.13. The molecule has 2 heterocycles. The molecule has 3 aromatic rings. The molecule has 1 fully saturated rings. The first-order valence-electron chi connectivity index (χ1n) is 8.86. The van der Waals surface area contributed by atoms with E-state index in [-0.39, 0.29) is 17.6 Å². The van der Waals surface area contributed by atoms with Crippen molar-refractivity contribution in [3.63, 3.8) is 0 Å². The monoisotopic (exact) mass is 364 g/mol. The molecule has 0 spiro atoms. The number of carbonyl (C=O) groups is 2. The molecule has 138 valence electrons. The molecule has 1 N–H and O–H groups in total. The molecule has 0 radical (unpaired) electrons. The van der Waals surface area contributed by atoms with Crippen molar-refractivity contribution in [2.75, 3.05) is 23.9 Å². The minimum Gasteiger partial charge on any atom is -0.497 e. The van der Waals surface area contributed by atoms with Crippen molar-refractivity contribution >= 4 is 34.2 Å². The number of benzene rings is 2. The van der Waals surface area contributed by atoms with E-state index in [9.17, 15) is 9.59 Å². The van der Waals surface area contributed by atoms with Crippen LogP contribution in [0.5, 0.6) is 5.75 Å². The van der Waals surface area contributed by atoms with Crippen molar-refractivity contribution in [2.45, 2.75) is 19.8 Å². The van der Waals surface area contributed by atoms with Crippen LogP contribution in [0.25, 0.3) is 11.0 Å². The Kier molecular flexibility index (Phi) is 4.32. The Labute approximate surface area is 156 Å². The number of aryl methyl sites for hydroxylation is 1. The third-order valence-corrected chi connectivity index (χ3v) is 4.86. The maximum Gasteiger partial charge on any atom is 0.291 e. The van der Waals surface area contributed by atoms with Crippen LogP contribution in [0.1, 0.15) is 29.0 Å². The third-order valence-electron chi connectivity index (χ3n) is 4.86. The summed E-state index contributed by atoms with van der Waals surface area (Å²) in [5.74, 6) is 0.815. The second kappa shape index (κ2) is 6.79. The normalized spacial score (nSPS) is 14.0. The molecule has 0 aliphatic carbocycles. The van der Waals surface area contributed by atoms with Gasteiger partial charge in [0.05, 0.1) is 7.11 Å². The molecule has 4 rings (SSSR count). The van der Waals surface area contributed by atoms with Gasteiger partial charge in [0.1, 0.15) is 11.3 Å². The zero-order valence-corrected chi connectivity index (χ0v) is 15.2. The van der Waals surface area contributed by atoms with Crippen LogP contribution in [0.15, 0.2) is 46.9 Å². The number of anilines is 2. The van der Waals surface area contributed by atoms with Gasteiger partial charge in [-0.25, -0.2) is 0 Å². The number of rotatable bonds is 4. The van der Waals surface area contributed by atoms with Gasteiger partial charge in [-0.05, 0) is 55.8 Å². The molecule has 6 heteroatoms. The highest BCUT2D eigenvalue weighted by molar-refractivity contribution is 6.06. The number of nitrogens with zero attached hydrogens (tertiary/aromatic N) is 1. The Hall–Kier alpha value is -3.28. The van der Waals surface area contributed by atoms with Gasteiger partial charge in [0.2, 0.25) is 5.91 Å². The quantitative estimate of drug-likeness (QED) is 0.756. The lowest BCUT2D eigenvalue weighted by molar-refractivity contribution is -0.117. The van der Waals surface area contributed by atoms with Gasteiger partial charge in [-0.15, -0.1) is 0 Å². The van der Waals surface area contributed by atoms with E-state index in [2.05, 4.69) is 5.32 Å². The molecular weight excluding hydrogens is 344 g/mol. The molecule has 0 atom stereocenters. The highest BCUT2D eigenvalue weighted by Crippen LogP contribution is 2.29. The highest BCUT2D eigenvalue weighted by atomic mass is 16.5. The van der Waals surface area contributed by atoms with Crippen LogP contribution < -0.4 is 15.0 Å². The predicted molar refractivity (Wildman–Crippen MR) is 103 cm³/mol. The maximum atomic E-state index is 12.7. The number of fused-ring (bicyclic) bond motifs is 1. The molecule has 0 bridgehead atoms. The number of hydrogen-bond donors (Lipinski definition) is 1. The number of hydrogen-bond acceptors (Lipinski definition) is 4. The number of furan rings is 1. The molecule has 0 unspecified atom stereocenters. The molecule has 1 aliphatic heterocycles. The van der Waals surface area contributed by atoms with Crippen LogP contribution in [0.4, 0.5) is 11.4 Å². The number of amides is 2. The van der Waals surface area contributed by atoms with Crippen LogP contribution in [0.3, 0.4) is 0 Å². The van der Waals surface area contributed by atoms with E-state index in [1.54, 1.807) is 36.3 Å². The summed E-state index contributed by atoms with van der Waals surface area (Å²) in [6, 6.07) is 12.7. The van der Waals surface area contributed by atoms with Gasteiger partial charge in [-0.3, -0.25) is 9.59 Å². The molecular formula is C21H20N2O4. The molecule has 1 aliphatic rings. The number of carbonyl (C=O) groups excluding carboxylic acids is 2. The zero-order valence-electron chi connectivity index (χ0n) is 15.2. The number of ether oxygens (including phenoxy) is 1. The SMILES string of the molecule is COc1ccc2oc(C(=O)Nc3ccc(N4CCCC4=O)cc3)c(C)c2c1. The van der Waals surface area contributed by atoms with E-state index >= 15 is 0 Å². The summed E-state index contributed by atoms with van der Waals surface area (Å²) >= 11 is 0. The van der Waals surface area contributed by atoms with Crippen molar-refractivity contribution in [2.24, 2.45) is 0 Å². The summed E-state index contributed by atoms with van der Waals surface area (Å²) in [7, 11) is 1.60. The second-order valence-electron chi connectivity index (χ2n) is 6.57. The Morgan fingerprint density at radius 3 is 2.63 bits per heavy atom. The van der Waals surface area contributed by atoms with E-state index in [1.807, 2.05) is 25.1 Å². The summed E-state index contributed by atoms with van der Waals surface area (Å²) in [4.78, 5) is 26.2. The largest absolute Gasteiger partial charge is 0.497 e. The third kappa shape index (κ3) is 3.14. The fourth-order valence-corrected chi connectivity index (χ4v) is 3.38. The molecule has 6 nitrogen and oxygen atoms in total. The lowest BCUT2D eigenvalue weighted by Crippen LogP contribution is -2.23. The first-order valence-corrected chi connectivity index (χ1v) is 8.86. The minimum absolute atomic E-state index is 0.139. The topological polar surface area (TPSA) is 71.8 Å². The van der Waals surface area contributed by atoms with E-state index in [4.69, 9.17) is 9.15 Å². The molecule has 1 saturated heterocycles. The number of nitrogens with one attached hydrogen (secondary N) is 1. The van der Waals surface area contributed by atoms with Crippen molar-refractivity contribution in [3.05, 3.63) is 53.8 Å². The molecule has 2 aromatic carbocycles. The molecule has 2 amide bonds. The summed E-state index contributed by atoms with van der Waals surface area (Å²) < 4.78 is 11.0. The minimum atomic E-state index is -0.312. The smallest absolute Gasteiger partial charge is 0.291 e. The van der Waals surface area contributed by atoms with Gasteiger partial charge >= 0.3 is 0 Å². The first kappa shape index (κ1) is 17.1. The summed E-state index contributed by atoms with van der Waals surface area (Å²) in [5.41, 5.74) is 2.90. The Morgan fingerprint density at radius 1 is 1.19 bits per heavy atom. The summed E-state index contributed by atoms with van der Waals surface area (Å²) in [6.45, 7) is 2.59. The van der Waals surface area contributed by atoms with E-state index in [1.165, 1.54) is 0 Å². The van der Waals surface area contributed by atoms with Crippen molar-refractivity contribution in [1.29, 1.82) is 0 Å². The lowest BCUT2D eigenvalue weighted by atomic mass is 10.1. The number of methoxy groups -OCH3 is 1.